The lowest BCUT2D eigenvalue weighted by atomic mass is 10.1. The maximum Gasteiger partial charge on any atom is 0.265 e. The Morgan fingerprint density at radius 1 is 1.46 bits per heavy atom. The third-order valence-corrected chi connectivity index (χ3v) is 2.19. The molecule has 1 heterocycles. The average molecular weight is 206 g/mol. The molecule has 72 valence electrons. The highest BCUT2D eigenvalue weighted by Gasteiger charge is 2.14. The van der Waals surface area contributed by atoms with Crippen LogP contribution in [0.1, 0.15) is 28.9 Å². The molecule has 0 aliphatic carbocycles. The van der Waals surface area contributed by atoms with Gasteiger partial charge in [-0.05, 0) is 25.5 Å². The minimum absolute atomic E-state index is 0.0286. The lowest BCUT2D eigenvalue weighted by Crippen LogP contribution is -2.00. The van der Waals surface area contributed by atoms with Gasteiger partial charge in [0, 0.05) is 11.3 Å². The van der Waals surface area contributed by atoms with Crippen LogP contribution in [0.5, 0.6) is 0 Å². The monoisotopic (exact) mass is 205 g/mol. The molecular formula is C9H10ClF2N. The maximum absolute atomic E-state index is 12.4. The lowest BCUT2D eigenvalue weighted by molar-refractivity contribution is 0.150. The van der Waals surface area contributed by atoms with E-state index in [9.17, 15) is 8.78 Å². The first-order chi connectivity index (χ1) is 6.06. The van der Waals surface area contributed by atoms with E-state index in [0.29, 0.717) is 0 Å². The Kier molecular flexibility index (Phi) is 3.20. The summed E-state index contributed by atoms with van der Waals surface area (Å²) in [6.07, 6.45) is -2.50. The molecule has 0 aliphatic heterocycles. The van der Waals surface area contributed by atoms with E-state index in [2.05, 4.69) is 4.98 Å². The molecule has 0 radical (unpaired) electrons. The number of aromatic nitrogens is 1. The van der Waals surface area contributed by atoms with E-state index in [1.807, 2.05) is 0 Å². The van der Waals surface area contributed by atoms with Crippen molar-refractivity contribution < 1.29 is 8.78 Å². The zero-order valence-corrected chi connectivity index (χ0v) is 8.20. The number of aryl methyl sites for hydroxylation is 2. The van der Waals surface area contributed by atoms with Gasteiger partial charge in [0.1, 0.15) is 0 Å². The molecule has 1 aromatic rings. The summed E-state index contributed by atoms with van der Waals surface area (Å²) in [6, 6.07) is 1.45. The van der Waals surface area contributed by atoms with Crippen molar-refractivity contribution in [2.75, 3.05) is 0 Å². The molecule has 13 heavy (non-hydrogen) atoms. The van der Waals surface area contributed by atoms with Gasteiger partial charge in [-0.3, -0.25) is 4.98 Å². The Balaban J connectivity index is 3.25. The first-order valence-corrected chi connectivity index (χ1v) is 4.41. The molecule has 0 amide bonds. The second kappa shape index (κ2) is 4.01. The van der Waals surface area contributed by atoms with Gasteiger partial charge in [0.15, 0.2) is 0 Å². The van der Waals surface area contributed by atoms with Crippen LogP contribution < -0.4 is 0 Å². The minimum atomic E-state index is -2.50. The van der Waals surface area contributed by atoms with Crippen molar-refractivity contribution in [3.05, 3.63) is 28.6 Å². The van der Waals surface area contributed by atoms with Crippen LogP contribution in [0, 0.1) is 13.8 Å². The zero-order chi connectivity index (χ0) is 10.0. The van der Waals surface area contributed by atoms with Crippen LogP contribution in [0.3, 0.4) is 0 Å². The minimum Gasteiger partial charge on any atom is -0.256 e. The first-order valence-electron chi connectivity index (χ1n) is 3.87. The quantitative estimate of drug-likeness (QED) is 0.675. The Labute approximate surface area is 80.7 Å². The molecule has 0 saturated carbocycles. The lowest BCUT2D eigenvalue weighted by Gasteiger charge is -2.08. The predicted molar refractivity (Wildman–Crippen MR) is 48.2 cm³/mol. The Hall–Kier alpha value is -0.700. The largest absolute Gasteiger partial charge is 0.265 e. The Morgan fingerprint density at radius 2 is 2.08 bits per heavy atom. The van der Waals surface area contributed by atoms with Crippen molar-refractivity contribution in [3.63, 3.8) is 0 Å². The van der Waals surface area contributed by atoms with Gasteiger partial charge in [0.2, 0.25) is 0 Å². The van der Waals surface area contributed by atoms with Crippen LogP contribution in [0.4, 0.5) is 8.78 Å². The van der Waals surface area contributed by atoms with Gasteiger partial charge in [-0.1, -0.05) is 0 Å². The molecular weight excluding hydrogens is 196 g/mol. The van der Waals surface area contributed by atoms with Crippen LogP contribution in [0.15, 0.2) is 6.07 Å². The van der Waals surface area contributed by atoms with Crippen molar-refractivity contribution >= 4 is 11.6 Å². The van der Waals surface area contributed by atoms with Crippen molar-refractivity contribution in [1.29, 1.82) is 0 Å². The molecule has 0 aromatic carbocycles. The molecule has 0 atom stereocenters. The van der Waals surface area contributed by atoms with Crippen molar-refractivity contribution in [2.45, 2.75) is 26.2 Å². The van der Waals surface area contributed by atoms with E-state index >= 15 is 0 Å². The SMILES string of the molecule is Cc1cc(C(F)F)c(CCl)nc1C. The highest BCUT2D eigenvalue weighted by Crippen LogP contribution is 2.24. The molecule has 1 aromatic heterocycles. The molecule has 0 aliphatic rings. The van der Waals surface area contributed by atoms with Crippen LogP contribution in [-0.2, 0) is 5.88 Å². The number of pyridine rings is 1. The summed E-state index contributed by atoms with van der Waals surface area (Å²) in [6.45, 7) is 3.53. The standard InChI is InChI=1S/C9H10ClF2N/c1-5-3-7(9(11)12)8(4-10)13-6(5)2/h3,9H,4H2,1-2H3. The van der Waals surface area contributed by atoms with E-state index < -0.39 is 6.43 Å². The highest BCUT2D eigenvalue weighted by atomic mass is 35.5. The number of nitrogens with zero attached hydrogens (tertiary/aromatic N) is 1. The second-order valence-corrected chi connectivity index (χ2v) is 3.13. The molecule has 0 bridgehead atoms. The maximum atomic E-state index is 12.4. The van der Waals surface area contributed by atoms with Gasteiger partial charge in [0.25, 0.3) is 6.43 Å². The fourth-order valence-electron chi connectivity index (χ4n) is 1.07. The molecule has 0 fully saturated rings. The van der Waals surface area contributed by atoms with E-state index in [0.717, 1.165) is 11.3 Å². The number of hydrogen-bond donors (Lipinski definition) is 0. The highest BCUT2D eigenvalue weighted by molar-refractivity contribution is 6.17. The zero-order valence-electron chi connectivity index (χ0n) is 7.44. The third kappa shape index (κ3) is 2.15. The fraction of sp³-hybridized carbons (Fsp3) is 0.444. The Bertz CT molecular complexity index is 313. The summed E-state index contributed by atoms with van der Waals surface area (Å²) < 4.78 is 24.9. The number of rotatable bonds is 2. The third-order valence-electron chi connectivity index (χ3n) is 1.94. The first kappa shape index (κ1) is 10.4. The number of halogens is 3. The summed E-state index contributed by atoms with van der Waals surface area (Å²) >= 11 is 5.50. The molecule has 4 heteroatoms. The van der Waals surface area contributed by atoms with Gasteiger partial charge in [-0.15, -0.1) is 11.6 Å². The second-order valence-electron chi connectivity index (χ2n) is 2.86. The van der Waals surface area contributed by atoms with Crippen LogP contribution in [-0.4, -0.2) is 4.98 Å². The van der Waals surface area contributed by atoms with E-state index in [1.54, 1.807) is 13.8 Å². The molecule has 1 rings (SSSR count). The van der Waals surface area contributed by atoms with Gasteiger partial charge in [0.05, 0.1) is 11.6 Å². The van der Waals surface area contributed by atoms with Gasteiger partial charge < -0.3 is 0 Å². The van der Waals surface area contributed by atoms with E-state index in [-0.39, 0.29) is 17.1 Å². The Morgan fingerprint density at radius 3 is 2.54 bits per heavy atom. The predicted octanol–water partition coefficient (Wildman–Crippen LogP) is 3.37. The van der Waals surface area contributed by atoms with E-state index in [1.165, 1.54) is 6.07 Å². The fourth-order valence-corrected chi connectivity index (χ4v) is 1.29. The average Bonchev–Trinajstić information content (AvgIpc) is 2.08. The summed E-state index contributed by atoms with van der Waals surface area (Å²) in [5, 5.41) is 0. The molecule has 0 unspecified atom stereocenters. The molecule has 0 spiro atoms. The summed E-state index contributed by atoms with van der Waals surface area (Å²) in [5.74, 6) is 0.0286. The van der Waals surface area contributed by atoms with Gasteiger partial charge >= 0.3 is 0 Å². The van der Waals surface area contributed by atoms with Crippen molar-refractivity contribution in [2.24, 2.45) is 0 Å². The van der Waals surface area contributed by atoms with Crippen LogP contribution in [0.25, 0.3) is 0 Å². The van der Waals surface area contributed by atoms with Gasteiger partial charge in [-0.25, -0.2) is 8.78 Å². The van der Waals surface area contributed by atoms with Crippen molar-refractivity contribution in [1.82, 2.24) is 4.98 Å². The topological polar surface area (TPSA) is 12.9 Å². The summed E-state index contributed by atoms with van der Waals surface area (Å²) in [7, 11) is 0. The van der Waals surface area contributed by atoms with Gasteiger partial charge in [-0.2, -0.15) is 0 Å². The number of alkyl halides is 3. The van der Waals surface area contributed by atoms with Crippen LogP contribution >= 0.6 is 11.6 Å². The van der Waals surface area contributed by atoms with Crippen molar-refractivity contribution in [3.8, 4) is 0 Å². The normalized spacial score (nSPS) is 10.9. The summed E-state index contributed by atoms with van der Waals surface area (Å²) in [5.41, 5.74) is 1.74. The smallest absolute Gasteiger partial charge is 0.256 e. The van der Waals surface area contributed by atoms with E-state index in [4.69, 9.17) is 11.6 Å². The number of hydrogen-bond acceptors (Lipinski definition) is 1. The molecule has 1 nitrogen and oxygen atoms in total. The summed E-state index contributed by atoms with van der Waals surface area (Å²) in [4.78, 5) is 4.00. The molecule has 0 N–H and O–H groups in total. The molecule has 0 saturated heterocycles. The van der Waals surface area contributed by atoms with Crippen LogP contribution in [0.2, 0.25) is 0 Å².